The number of amides is 4. The first-order chi connectivity index (χ1) is 13.6. The molecule has 2 aromatic rings. The van der Waals surface area contributed by atoms with Crippen molar-refractivity contribution in [3.8, 4) is 0 Å². The normalized spacial score (nSPS) is 19.1. The van der Waals surface area contributed by atoms with E-state index in [4.69, 9.17) is 0 Å². The number of piperazine rings is 1. The van der Waals surface area contributed by atoms with Gasteiger partial charge in [-0.15, -0.1) is 11.3 Å². The molecule has 0 radical (unpaired) electrons. The first-order valence-corrected chi connectivity index (χ1v) is 10.2. The maximum absolute atomic E-state index is 12.6. The monoisotopic (exact) mass is 398 g/mol. The molecular weight excluding hydrogens is 376 g/mol. The first kappa shape index (κ1) is 18.8. The molecule has 1 aromatic heterocycles. The quantitative estimate of drug-likeness (QED) is 0.549. The second-order valence-electron chi connectivity index (χ2n) is 7.01. The van der Waals surface area contributed by atoms with Crippen molar-refractivity contribution in [2.24, 2.45) is 0 Å². The second kappa shape index (κ2) is 8.22. The van der Waals surface area contributed by atoms with Crippen molar-refractivity contribution in [3.63, 3.8) is 0 Å². The van der Waals surface area contributed by atoms with E-state index in [0.29, 0.717) is 0 Å². The van der Waals surface area contributed by atoms with Crippen molar-refractivity contribution in [3.05, 3.63) is 58.3 Å². The highest BCUT2D eigenvalue weighted by atomic mass is 32.1. The Morgan fingerprint density at radius 3 is 2.11 bits per heavy atom. The third kappa shape index (κ3) is 3.99. The highest BCUT2D eigenvalue weighted by Gasteiger charge is 2.45. The summed E-state index contributed by atoms with van der Waals surface area (Å²) in [4.78, 5) is 44.6. The maximum atomic E-state index is 12.6. The van der Waals surface area contributed by atoms with Gasteiger partial charge in [0.25, 0.3) is 0 Å². The van der Waals surface area contributed by atoms with Gasteiger partial charge in [0, 0.05) is 37.6 Å². The molecule has 0 bridgehead atoms. The molecule has 1 aromatic carbocycles. The van der Waals surface area contributed by atoms with Gasteiger partial charge in [0.1, 0.15) is 0 Å². The third-order valence-corrected chi connectivity index (χ3v) is 5.95. The summed E-state index contributed by atoms with van der Waals surface area (Å²) in [6, 6.07) is 13.5. The van der Waals surface area contributed by atoms with Crippen LogP contribution >= 0.6 is 11.3 Å². The number of thiophene rings is 1. The van der Waals surface area contributed by atoms with Gasteiger partial charge >= 0.3 is 17.8 Å². The van der Waals surface area contributed by atoms with Crippen molar-refractivity contribution in [1.82, 2.24) is 19.6 Å². The molecule has 4 amide bonds. The van der Waals surface area contributed by atoms with E-state index in [2.05, 4.69) is 21.9 Å². The Bertz CT molecular complexity index is 848. The van der Waals surface area contributed by atoms with E-state index in [9.17, 15) is 14.4 Å². The lowest BCUT2D eigenvalue weighted by Gasteiger charge is -2.35. The number of carbonyl (C=O) groups excluding carboxylic acids is 3. The molecule has 0 unspecified atom stereocenters. The van der Waals surface area contributed by atoms with Gasteiger partial charge in [0.05, 0.1) is 13.2 Å². The van der Waals surface area contributed by atoms with Crippen LogP contribution in [0.25, 0.3) is 0 Å². The van der Waals surface area contributed by atoms with Crippen molar-refractivity contribution in [2.45, 2.75) is 13.1 Å². The summed E-state index contributed by atoms with van der Waals surface area (Å²) in [6.07, 6.45) is 0. The minimum absolute atomic E-state index is 0.155. The Labute approximate surface area is 167 Å². The van der Waals surface area contributed by atoms with Crippen molar-refractivity contribution >= 4 is 29.2 Å². The molecule has 0 saturated carbocycles. The molecule has 0 aliphatic carbocycles. The molecule has 28 heavy (non-hydrogen) atoms. The molecule has 2 aliphatic heterocycles. The zero-order valence-corrected chi connectivity index (χ0v) is 16.3. The fourth-order valence-electron chi connectivity index (χ4n) is 3.50. The zero-order valence-electron chi connectivity index (χ0n) is 15.5. The van der Waals surface area contributed by atoms with Crippen molar-refractivity contribution in [1.29, 1.82) is 0 Å². The fourth-order valence-corrected chi connectivity index (χ4v) is 4.20. The number of urea groups is 1. The molecule has 146 valence electrons. The van der Waals surface area contributed by atoms with Gasteiger partial charge in [0.15, 0.2) is 0 Å². The second-order valence-corrected chi connectivity index (χ2v) is 8.04. The van der Waals surface area contributed by atoms with Crippen molar-refractivity contribution in [2.75, 3.05) is 32.8 Å². The topological polar surface area (TPSA) is 64.2 Å². The molecule has 8 heteroatoms. The predicted molar refractivity (Wildman–Crippen MR) is 105 cm³/mol. The molecule has 2 aliphatic rings. The smallest absolute Gasteiger partial charge is 0.297 e. The van der Waals surface area contributed by atoms with E-state index in [1.165, 1.54) is 16.9 Å². The third-order valence-electron chi connectivity index (χ3n) is 5.08. The summed E-state index contributed by atoms with van der Waals surface area (Å²) in [7, 11) is 0. The molecule has 2 fully saturated rings. The van der Waals surface area contributed by atoms with Crippen LogP contribution in [0, 0.1) is 0 Å². The van der Waals surface area contributed by atoms with Gasteiger partial charge in [0.2, 0.25) is 0 Å². The Balaban J connectivity index is 1.31. The van der Waals surface area contributed by atoms with E-state index >= 15 is 0 Å². The average Bonchev–Trinajstić information content (AvgIpc) is 3.30. The van der Waals surface area contributed by atoms with Crippen LogP contribution in [0.15, 0.2) is 47.8 Å². The minimum atomic E-state index is -0.735. The van der Waals surface area contributed by atoms with E-state index in [-0.39, 0.29) is 13.2 Å². The Kier molecular flexibility index (Phi) is 5.52. The van der Waals surface area contributed by atoms with Crippen LogP contribution in [0.2, 0.25) is 0 Å². The maximum Gasteiger partial charge on any atom is 0.335 e. The molecule has 0 N–H and O–H groups in total. The number of imide groups is 2. The largest absolute Gasteiger partial charge is 0.335 e. The Morgan fingerprint density at radius 1 is 0.750 bits per heavy atom. The van der Waals surface area contributed by atoms with Crippen LogP contribution in [-0.4, -0.2) is 70.3 Å². The van der Waals surface area contributed by atoms with E-state index in [1.54, 1.807) is 0 Å². The predicted octanol–water partition coefficient (Wildman–Crippen LogP) is 1.81. The summed E-state index contributed by atoms with van der Waals surface area (Å²) in [5.41, 5.74) is 1.27. The summed E-state index contributed by atoms with van der Waals surface area (Å²) < 4.78 is 0. The summed E-state index contributed by atoms with van der Waals surface area (Å²) in [5, 5.41) is 1.88. The summed E-state index contributed by atoms with van der Waals surface area (Å²) in [6.45, 7) is 4.44. The number of rotatable bonds is 6. The molecule has 4 rings (SSSR count). The average molecular weight is 398 g/mol. The summed E-state index contributed by atoms with van der Waals surface area (Å²) in [5.74, 6) is -1.46. The standard InChI is InChI=1S/C20H22N4O3S/c25-18-19(26)24(20(27)23(18)14-17-7-4-12-28-17)15-22-10-8-21(9-11-22)13-16-5-2-1-3-6-16/h1-7,12H,8-11,13-15H2. The first-order valence-electron chi connectivity index (χ1n) is 9.30. The number of benzene rings is 1. The number of nitrogens with zero attached hydrogens (tertiary/aromatic N) is 4. The van der Waals surface area contributed by atoms with Crippen LogP contribution in [0.5, 0.6) is 0 Å². The van der Waals surface area contributed by atoms with Crippen LogP contribution in [-0.2, 0) is 22.7 Å². The molecule has 2 saturated heterocycles. The molecule has 7 nitrogen and oxygen atoms in total. The zero-order chi connectivity index (χ0) is 19.5. The minimum Gasteiger partial charge on any atom is -0.297 e. The molecule has 0 atom stereocenters. The van der Waals surface area contributed by atoms with Gasteiger partial charge in [-0.3, -0.25) is 24.3 Å². The van der Waals surface area contributed by atoms with E-state index < -0.39 is 17.8 Å². The highest BCUT2D eigenvalue weighted by molar-refractivity contribution is 7.09. The number of hydrogen-bond acceptors (Lipinski definition) is 6. The lowest BCUT2D eigenvalue weighted by atomic mass is 10.2. The lowest BCUT2D eigenvalue weighted by Crippen LogP contribution is -2.51. The summed E-state index contributed by atoms with van der Waals surface area (Å²) >= 11 is 1.46. The van der Waals surface area contributed by atoms with Gasteiger partial charge < -0.3 is 0 Å². The molecule has 0 spiro atoms. The van der Waals surface area contributed by atoms with Gasteiger partial charge in [-0.25, -0.2) is 9.69 Å². The van der Waals surface area contributed by atoms with Crippen LogP contribution in [0.1, 0.15) is 10.4 Å². The SMILES string of the molecule is O=C1C(=O)N(CN2CCN(Cc3ccccc3)CC2)C(=O)N1Cc1cccs1. The fraction of sp³-hybridized carbons (Fsp3) is 0.350. The number of carbonyl (C=O) groups is 3. The van der Waals surface area contributed by atoms with Crippen LogP contribution in [0.4, 0.5) is 4.79 Å². The number of hydrogen-bond donors (Lipinski definition) is 0. The van der Waals surface area contributed by atoms with Gasteiger partial charge in [-0.05, 0) is 17.0 Å². The molecule has 3 heterocycles. The Hall–Kier alpha value is -2.55. The molecular formula is C20H22N4O3S. The van der Waals surface area contributed by atoms with E-state index in [0.717, 1.165) is 47.4 Å². The van der Waals surface area contributed by atoms with Gasteiger partial charge in [-0.1, -0.05) is 36.4 Å². The highest BCUT2D eigenvalue weighted by Crippen LogP contribution is 2.19. The van der Waals surface area contributed by atoms with Crippen molar-refractivity contribution < 1.29 is 14.4 Å². The van der Waals surface area contributed by atoms with Crippen LogP contribution < -0.4 is 0 Å². The van der Waals surface area contributed by atoms with Crippen LogP contribution in [0.3, 0.4) is 0 Å². The Morgan fingerprint density at radius 2 is 1.43 bits per heavy atom. The van der Waals surface area contributed by atoms with E-state index in [1.807, 2.05) is 35.7 Å². The van der Waals surface area contributed by atoms with Gasteiger partial charge in [-0.2, -0.15) is 0 Å². The lowest BCUT2D eigenvalue weighted by molar-refractivity contribution is -0.144.